The zero-order valence-electron chi connectivity index (χ0n) is 11.2. The molecule has 1 N–H and O–H groups in total. The summed E-state index contributed by atoms with van der Waals surface area (Å²) in [5.41, 5.74) is 0.651. The van der Waals surface area contributed by atoms with Crippen molar-refractivity contribution in [1.82, 2.24) is 5.32 Å². The van der Waals surface area contributed by atoms with Crippen LogP contribution < -0.4 is 15.0 Å². The molecule has 19 heavy (non-hydrogen) atoms. The highest BCUT2D eigenvalue weighted by Gasteiger charge is 2.26. The lowest BCUT2D eigenvalue weighted by Crippen LogP contribution is -2.46. The van der Waals surface area contributed by atoms with Crippen molar-refractivity contribution in [1.29, 1.82) is 0 Å². The monoisotopic (exact) mass is 262 g/mol. The van der Waals surface area contributed by atoms with Gasteiger partial charge in [-0.2, -0.15) is 0 Å². The topological polar surface area (TPSA) is 58.6 Å². The highest BCUT2D eigenvalue weighted by Crippen LogP contribution is 2.31. The van der Waals surface area contributed by atoms with Gasteiger partial charge in [0, 0.05) is 6.04 Å². The summed E-state index contributed by atoms with van der Waals surface area (Å²) in [6, 6.07) is 7.34. The van der Waals surface area contributed by atoms with E-state index in [4.69, 9.17) is 4.74 Å². The number of carbonyl (C=O) groups excluding carboxylic acids is 2. The second-order valence-electron chi connectivity index (χ2n) is 4.61. The summed E-state index contributed by atoms with van der Waals surface area (Å²) in [6.45, 7) is 3.95. The molecule has 1 heterocycles. The number of anilines is 1. The molecule has 0 bridgehead atoms. The number of rotatable bonds is 4. The quantitative estimate of drug-likeness (QED) is 0.890. The van der Waals surface area contributed by atoms with E-state index in [9.17, 15) is 9.59 Å². The molecular formula is C14H18N2O3. The number of nitrogens with zero attached hydrogens (tertiary/aromatic N) is 1. The fourth-order valence-electron chi connectivity index (χ4n) is 1.89. The summed E-state index contributed by atoms with van der Waals surface area (Å²) < 4.78 is 5.33. The van der Waals surface area contributed by atoms with Crippen LogP contribution in [0.15, 0.2) is 24.3 Å². The van der Waals surface area contributed by atoms with Crippen molar-refractivity contribution >= 4 is 17.5 Å². The van der Waals surface area contributed by atoms with Gasteiger partial charge in [0.05, 0.1) is 5.69 Å². The fourth-order valence-corrected chi connectivity index (χ4v) is 1.89. The van der Waals surface area contributed by atoms with Crippen molar-refractivity contribution in [2.24, 2.45) is 0 Å². The van der Waals surface area contributed by atoms with E-state index >= 15 is 0 Å². The minimum Gasteiger partial charge on any atom is -0.482 e. The van der Waals surface area contributed by atoms with Gasteiger partial charge >= 0.3 is 0 Å². The Morgan fingerprint density at radius 1 is 1.47 bits per heavy atom. The van der Waals surface area contributed by atoms with Crippen LogP contribution in [-0.4, -0.2) is 31.0 Å². The van der Waals surface area contributed by atoms with Crippen LogP contribution in [0.1, 0.15) is 20.3 Å². The highest BCUT2D eigenvalue weighted by molar-refractivity contribution is 6.02. The first-order chi connectivity index (χ1) is 9.11. The Kier molecular flexibility index (Phi) is 4.04. The van der Waals surface area contributed by atoms with Crippen LogP contribution in [0.3, 0.4) is 0 Å². The molecule has 0 saturated carbocycles. The molecule has 5 heteroatoms. The van der Waals surface area contributed by atoms with Crippen molar-refractivity contribution in [3.63, 3.8) is 0 Å². The number of hydrogen-bond donors (Lipinski definition) is 1. The third-order valence-electron chi connectivity index (χ3n) is 3.13. The normalized spacial score (nSPS) is 15.5. The van der Waals surface area contributed by atoms with Crippen LogP contribution in [-0.2, 0) is 9.59 Å². The average Bonchev–Trinajstić information content (AvgIpc) is 2.42. The zero-order chi connectivity index (χ0) is 13.8. The van der Waals surface area contributed by atoms with Gasteiger partial charge in [-0.05, 0) is 25.5 Å². The molecule has 0 unspecified atom stereocenters. The van der Waals surface area contributed by atoms with Gasteiger partial charge in [-0.25, -0.2) is 0 Å². The predicted octanol–water partition coefficient (Wildman–Crippen LogP) is 1.33. The van der Waals surface area contributed by atoms with Crippen LogP contribution in [0, 0.1) is 0 Å². The summed E-state index contributed by atoms with van der Waals surface area (Å²) in [5.74, 6) is 0.288. The standard InChI is InChI=1S/C14H18N2O3/c1-3-10(2)15-13(17)8-16-11-6-4-5-7-12(11)19-9-14(16)18/h4-7,10H,3,8-9H2,1-2H3,(H,15,17)/t10-/m1/s1. The number of amides is 2. The van der Waals surface area contributed by atoms with Crippen molar-refractivity contribution in [3.05, 3.63) is 24.3 Å². The van der Waals surface area contributed by atoms with Gasteiger partial charge in [-0.3, -0.25) is 14.5 Å². The lowest BCUT2D eigenvalue weighted by Gasteiger charge is -2.29. The van der Waals surface area contributed by atoms with Gasteiger partial charge in [-0.1, -0.05) is 19.1 Å². The van der Waals surface area contributed by atoms with Crippen LogP contribution >= 0.6 is 0 Å². The molecule has 0 radical (unpaired) electrons. The lowest BCUT2D eigenvalue weighted by molar-refractivity contribution is -0.125. The Hall–Kier alpha value is -2.04. The van der Waals surface area contributed by atoms with Crippen molar-refractivity contribution < 1.29 is 14.3 Å². The minimum atomic E-state index is -0.196. The number of hydrogen-bond acceptors (Lipinski definition) is 3. The Balaban J connectivity index is 2.11. The molecule has 1 aromatic carbocycles. The van der Waals surface area contributed by atoms with Crippen LogP contribution in [0.5, 0.6) is 5.75 Å². The molecule has 0 saturated heterocycles. The first kappa shape index (κ1) is 13.4. The van der Waals surface area contributed by atoms with E-state index in [1.165, 1.54) is 4.90 Å². The molecular weight excluding hydrogens is 244 g/mol. The number of carbonyl (C=O) groups is 2. The van der Waals surface area contributed by atoms with E-state index in [1.54, 1.807) is 12.1 Å². The van der Waals surface area contributed by atoms with Gasteiger partial charge in [0.25, 0.3) is 5.91 Å². The molecule has 102 valence electrons. The molecule has 0 spiro atoms. The van der Waals surface area contributed by atoms with Gasteiger partial charge in [0.2, 0.25) is 5.91 Å². The molecule has 0 fully saturated rings. The summed E-state index contributed by atoms with van der Waals surface area (Å²) in [4.78, 5) is 25.2. The summed E-state index contributed by atoms with van der Waals surface area (Å²) in [7, 11) is 0. The van der Waals surface area contributed by atoms with Crippen LogP contribution in [0.2, 0.25) is 0 Å². The predicted molar refractivity (Wildman–Crippen MR) is 72.2 cm³/mol. The molecule has 1 aliphatic rings. The van der Waals surface area contributed by atoms with Crippen molar-refractivity contribution in [2.75, 3.05) is 18.1 Å². The molecule has 2 amide bonds. The Bertz CT molecular complexity index is 487. The molecule has 1 atom stereocenters. The molecule has 0 aliphatic carbocycles. The summed E-state index contributed by atoms with van der Waals surface area (Å²) >= 11 is 0. The van der Waals surface area contributed by atoms with E-state index in [0.29, 0.717) is 11.4 Å². The van der Waals surface area contributed by atoms with E-state index < -0.39 is 0 Å². The third-order valence-corrected chi connectivity index (χ3v) is 3.13. The summed E-state index contributed by atoms with van der Waals surface area (Å²) in [5, 5.41) is 2.85. The molecule has 5 nitrogen and oxygen atoms in total. The molecule has 1 aliphatic heterocycles. The maximum absolute atomic E-state index is 11.9. The van der Waals surface area contributed by atoms with Crippen LogP contribution in [0.25, 0.3) is 0 Å². The van der Waals surface area contributed by atoms with Crippen molar-refractivity contribution in [2.45, 2.75) is 26.3 Å². The molecule has 1 aromatic rings. The Morgan fingerprint density at radius 2 is 2.21 bits per heavy atom. The minimum absolute atomic E-state index is 0.0202. The van der Waals surface area contributed by atoms with Crippen molar-refractivity contribution in [3.8, 4) is 5.75 Å². The molecule has 0 aromatic heterocycles. The van der Waals surface area contributed by atoms with Gasteiger partial charge in [0.15, 0.2) is 6.61 Å². The number of nitrogens with one attached hydrogen (secondary N) is 1. The number of benzene rings is 1. The zero-order valence-corrected chi connectivity index (χ0v) is 11.2. The third kappa shape index (κ3) is 3.05. The Labute approximate surface area is 112 Å². The average molecular weight is 262 g/mol. The largest absolute Gasteiger partial charge is 0.482 e. The lowest BCUT2D eigenvalue weighted by atomic mass is 10.2. The summed E-state index contributed by atoms with van der Waals surface area (Å²) in [6.07, 6.45) is 0.861. The first-order valence-electron chi connectivity index (χ1n) is 6.43. The first-order valence-corrected chi connectivity index (χ1v) is 6.43. The van der Waals surface area contributed by atoms with E-state index in [0.717, 1.165) is 6.42 Å². The van der Waals surface area contributed by atoms with Gasteiger partial charge in [0.1, 0.15) is 12.3 Å². The highest BCUT2D eigenvalue weighted by atomic mass is 16.5. The fraction of sp³-hybridized carbons (Fsp3) is 0.429. The second-order valence-corrected chi connectivity index (χ2v) is 4.61. The van der Waals surface area contributed by atoms with Gasteiger partial charge < -0.3 is 10.1 Å². The smallest absolute Gasteiger partial charge is 0.265 e. The maximum Gasteiger partial charge on any atom is 0.265 e. The van der Waals surface area contributed by atoms with E-state index in [-0.39, 0.29) is 31.0 Å². The second kappa shape index (κ2) is 5.73. The van der Waals surface area contributed by atoms with Gasteiger partial charge in [-0.15, -0.1) is 0 Å². The number of para-hydroxylation sites is 2. The van der Waals surface area contributed by atoms with E-state index in [2.05, 4.69) is 5.32 Å². The van der Waals surface area contributed by atoms with E-state index in [1.807, 2.05) is 26.0 Å². The number of ether oxygens (including phenoxy) is 1. The SMILES string of the molecule is CC[C@@H](C)NC(=O)CN1C(=O)COc2ccccc21. The Morgan fingerprint density at radius 3 is 2.95 bits per heavy atom. The number of fused-ring (bicyclic) bond motifs is 1. The molecule has 2 rings (SSSR count). The maximum atomic E-state index is 11.9. The van der Waals surface area contributed by atoms with Crippen LogP contribution in [0.4, 0.5) is 5.69 Å².